The molecule has 0 bridgehead atoms. The van der Waals surface area contributed by atoms with Crippen LogP contribution in [0.15, 0.2) is 47.3 Å². The third kappa shape index (κ3) is 1.66. The Morgan fingerprint density at radius 1 is 1.25 bits per heavy atom. The minimum absolute atomic E-state index is 0.266. The molecule has 0 saturated heterocycles. The Hall–Kier alpha value is -2.43. The highest BCUT2D eigenvalue weighted by Gasteiger charge is 2.32. The van der Waals surface area contributed by atoms with Gasteiger partial charge in [0.2, 0.25) is 0 Å². The van der Waals surface area contributed by atoms with Crippen molar-refractivity contribution in [2.24, 2.45) is 0 Å². The first-order chi connectivity index (χ1) is 9.83. The molecule has 0 aliphatic carbocycles. The Morgan fingerprint density at radius 3 is 2.85 bits per heavy atom. The predicted molar refractivity (Wildman–Crippen MR) is 73.1 cm³/mol. The molecule has 20 heavy (non-hydrogen) atoms. The lowest BCUT2D eigenvalue weighted by Crippen LogP contribution is -2.07. The van der Waals surface area contributed by atoms with Crippen LogP contribution in [0, 0.1) is 0 Å². The van der Waals surface area contributed by atoms with Gasteiger partial charge in [0.05, 0.1) is 17.8 Å². The van der Waals surface area contributed by atoms with Crippen LogP contribution in [-0.2, 0) is 0 Å². The van der Waals surface area contributed by atoms with E-state index in [1.165, 1.54) is 5.56 Å². The summed E-state index contributed by atoms with van der Waals surface area (Å²) >= 11 is 0. The normalized spacial score (nSPS) is 21.1. The van der Waals surface area contributed by atoms with Gasteiger partial charge in [-0.25, -0.2) is 9.67 Å². The second kappa shape index (κ2) is 4.30. The van der Waals surface area contributed by atoms with Gasteiger partial charge in [0.1, 0.15) is 12.1 Å². The standard InChI is InChI=1S/C15H14N4O/c1-10-7-13(11-5-3-2-4-6-11)19-15(10)17-14(18-19)12-8-16-20-9-12/h2-6,8-10,13H,7H2,1H3/t10-,13-/m0/s1. The van der Waals surface area contributed by atoms with Crippen LogP contribution in [0.2, 0.25) is 0 Å². The van der Waals surface area contributed by atoms with Gasteiger partial charge < -0.3 is 4.52 Å². The highest BCUT2D eigenvalue weighted by molar-refractivity contribution is 5.51. The van der Waals surface area contributed by atoms with E-state index in [-0.39, 0.29) is 6.04 Å². The van der Waals surface area contributed by atoms with Gasteiger partial charge in [-0.1, -0.05) is 42.4 Å². The fourth-order valence-corrected chi connectivity index (χ4v) is 2.83. The molecule has 4 rings (SSSR count). The first-order valence-corrected chi connectivity index (χ1v) is 6.74. The molecule has 3 heterocycles. The molecule has 0 radical (unpaired) electrons. The topological polar surface area (TPSA) is 56.7 Å². The molecule has 2 aromatic heterocycles. The molecule has 1 aliphatic heterocycles. The van der Waals surface area contributed by atoms with Gasteiger partial charge in [0, 0.05) is 5.92 Å². The fraction of sp³-hybridized carbons (Fsp3) is 0.267. The smallest absolute Gasteiger partial charge is 0.186 e. The number of fused-ring (bicyclic) bond motifs is 1. The van der Waals surface area contributed by atoms with E-state index >= 15 is 0 Å². The second-order valence-corrected chi connectivity index (χ2v) is 5.21. The van der Waals surface area contributed by atoms with Gasteiger partial charge in [0.15, 0.2) is 5.82 Å². The van der Waals surface area contributed by atoms with Crippen LogP contribution in [0.25, 0.3) is 11.4 Å². The number of hydrogen-bond donors (Lipinski definition) is 0. The van der Waals surface area contributed by atoms with Crippen molar-refractivity contribution in [1.29, 1.82) is 0 Å². The van der Waals surface area contributed by atoms with Gasteiger partial charge in [-0.3, -0.25) is 0 Å². The Kier molecular flexibility index (Phi) is 2.45. The summed E-state index contributed by atoms with van der Waals surface area (Å²) < 4.78 is 6.91. The zero-order valence-electron chi connectivity index (χ0n) is 11.1. The molecule has 0 N–H and O–H groups in total. The van der Waals surface area contributed by atoms with Crippen LogP contribution in [0.4, 0.5) is 0 Å². The van der Waals surface area contributed by atoms with E-state index in [4.69, 9.17) is 4.52 Å². The number of aromatic nitrogens is 4. The van der Waals surface area contributed by atoms with E-state index in [2.05, 4.69) is 46.4 Å². The summed E-state index contributed by atoms with van der Waals surface area (Å²) in [6.07, 6.45) is 4.27. The summed E-state index contributed by atoms with van der Waals surface area (Å²) in [5, 5.41) is 8.36. The quantitative estimate of drug-likeness (QED) is 0.715. The van der Waals surface area contributed by atoms with Crippen LogP contribution in [0.1, 0.15) is 36.7 Å². The molecule has 2 atom stereocenters. The molecule has 100 valence electrons. The maximum Gasteiger partial charge on any atom is 0.186 e. The highest BCUT2D eigenvalue weighted by Crippen LogP contribution is 2.39. The average molecular weight is 266 g/mol. The summed E-state index contributed by atoms with van der Waals surface area (Å²) in [4.78, 5) is 4.64. The van der Waals surface area contributed by atoms with E-state index in [9.17, 15) is 0 Å². The molecular weight excluding hydrogens is 252 g/mol. The maximum absolute atomic E-state index is 4.87. The van der Waals surface area contributed by atoms with Crippen molar-refractivity contribution >= 4 is 0 Å². The van der Waals surface area contributed by atoms with Gasteiger partial charge in [-0.05, 0) is 12.0 Å². The van der Waals surface area contributed by atoms with Gasteiger partial charge in [-0.2, -0.15) is 0 Å². The highest BCUT2D eigenvalue weighted by atomic mass is 16.5. The minimum atomic E-state index is 0.266. The van der Waals surface area contributed by atoms with Crippen LogP contribution in [0.3, 0.4) is 0 Å². The van der Waals surface area contributed by atoms with Crippen molar-refractivity contribution in [3.8, 4) is 11.4 Å². The molecule has 1 aliphatic rings. The average Bonchev–Trinajstić information content (AvgIpc) is 3.17. The lowest BCUT2D eigenvalue weighted by Gasteiger charge is -2.11. The molecule has 0 amide bonds. The lowest BCUT2D eigenvalue weighted by molar-refractivity contribution is 0.420. The Balaban J connectivity index is 1.79. The Morgan fingerprint density at radius 2 is 2.10 bits per heavy atom. The number of hydrogen-bond acceptors (Lipinski definition) is 4. The Labute approximate surface area is 116 Å². The summed E-state index contributed by atoms with van der Waals surface area (Å²) in [7, 11) is 0. The maximum atomic E-state index is 4.87. The zero-order valence-corrected chi connectivity index (χ0v) is 11.1. The Bertz CT molecular complexity index is 718. The minimum Gasteiger partial charge on any atom is -0.364 e. The molecule has 0 unspecified atom stereocenters. The van der Waals surface area contributed by atoms with Crippen molar-refractivity contribution in [2.45, 2.75) is 25.3 Å². The molecule has 5 heteroatoms. The van der Waals surface area contributed by atoms with Crippen molar-refractivity contribution in [3.05, 3.63) is 54.2 Å². The molecule has 0 spiro atoms. The predicted octanol–water partition coefficient (Wildman–Crippen LogP) is 3.03. The number of nitrogens with zero attached hydrogens (tertiary/aromatic N) is 4. The molecule has 0 saturated carbocycles. The lowest BCUT2D eigenvalue weighted by atomic mass is 10.0. The molecule has 3 aromatic rings. The van der Waals surface area contributed by atoms with E-state index in [0.717, 1.165) is 17.8 Å². The third-order valence-corrected chi connectivity index (χ3v) is 3.85. The molecule has 5 nitrogen and oxygen atoms in total. The SMILES string of the molecule is C[C@H]1C[C@@H](c2ccccc2)n2nc(-c3cnoc3)nc21. The summed E-state index contributed by atoms with van der Waals surface area (Å²) in [5.74, 6) is 2.13. The third-order valence-electron chi connectivity index (χ3n) is 3.85. The van der Waals surface area contributed by atoms with Crippen LogP contribution in [-0.4, -0.2) is 19.9 Å². The molecule has 1 aromatic carbocycles. The van der Waals surface area contributed by atoms with Crippen LogP contribution >= 0.6 is 0 Å². The monoisotopic (exact) mass is 266 g/mol. The first kappa shape index (κ1) is 11.4. The fourth-order valence-electron chi connectivity index (χ4n) is 2.83. The van der Waals surface area contributed by atoms with Crippen LogP contribution < -0.4 is 0 Å². The van der Waals surface area contributed by atoms with Crippen molar-refractivity contribution in [2.75, 3.05) is 0 Å². The first-order valence-electron chi connectivity index (χ1n) is 6.74. The van der Waals surface area contributed by atoms with E-state index < -0.39 is 0 Å². The summed E-state index contributed by atoms with van der Waals surface area (Å²) in [6.45, 7) is 2.20. The summed E-state index contributed by atoms with van der Waals surface area (Å²) in [6, 6.07) is 10.7. The van der Waals surface area contributed by atoms with E-state index in [0.29, 0.717) is 11.7 Å². The van der Waals surface area contributed by atoms with Gasteiger partial charge in [-0.15, -0.1) is 5.10 Å². The zero-order chi connectivity index (χ0) is 13.5. The number of rotatable bonds is 2. The van der Waals surface area contributed by atoms with E-state index in [1.807, 2.05) is 10.7 Å². The van der Waals surface area contributed by atoms with Crippen molar-refractivity contribution < 1.29 is 4.52 Å². The summed E-state index contributed by atoms with van der Waals surface area (Å²) in [5.41, 5.74) is 2.10. The van der Waals surface area contributed by atoms with E-state index in [1.54, 1.807) is 12.5 Å². The largest absolute Gasteiger partial charge is 0.364 e. The van der Waals surface area contributed by atoms with Crippen molar-refractivity contribution in [1.82, 2.24) is 19.9 Å². The number of benzene rings is 1. The second-order valence-electron chi connectivity index (χ2n) is 5.21. The van der Waals surface area contributed by atoms with Crippen molar-refractivity contribution in [3.63, 3.8) is 0 Å². The van der Waals surface area contributed by atoms with Gasteiger partial charge >= 0.3 is 0 Å². The van der Waals surface area contributed by atoms with Gasteiger partial charge in [0.25, 0.3) is 0 Å². The molecular formula is C15H14N4O. The molecule has 0 fully saturated rings. The van der Waals surface area contributed by atoms with Crippen LogP contribution in [0.5, 0.6) is 0 Å².